The molecule has 1 aliphatic heterocycles. The summed E-state index contributed by atoms with van der Waals surface area (Å²) in [6.45, 7) is 5.74. The maximum atomic E-state index is 12.1. The van der Waals surface area contributed by atoms with E-state index < -0.39 is 0 Å². The number of carbonyl (C=O) groups excluding carboxylic acids is 1. The lowest BCUT2D eigenvalue weighted by Crippen LogP contribution is -2.38. The molecule has 2 rings (SSSR count). The van der Waals surface area contributed by atoms with Crippen LogP contribution in [-0.2, 0) is 4.79 Å². The van der Waals surface area contributed by atoms with Crippen LogP contribution in [0.15, 0.2) is 24.3 Å². The van der Waals surface area contributed by atoms with Gasteiger partial charge in [0.25, 0.3) is 0 Å². The van der Waals surface area contributed by atoms with Gasteiger partial charge in [0.05, 0.1) is 6.04 Å². The largest absolute Gasteiger partial charge is 0.311 e. The average Bonchev–Trinajstić information content (AvgIpc) is 2.62. The van der Waals surface area contributed by atoms with Gasteiger partial charge in [-0.05, 0) is 31.5 Å². The molecule has 1 aromatic rings. The Hall–Kier alpha value is -1.35. The first-order chi connectivity index (χ1) is 7.74. The molecular weight excluding hydrogens is 200 g/mol. The highest BCUT2D eigenvalue weighted by molar-refractivity contribution is 5.99. The van der Waals surface area contributed by atoms with Crippen molar-refractivity contribution >= 4 is 11.6 Å². The number of likely N-dealkylation sites (N-methyl/N-ethyl adjacent to an activating group) is 1. The molecular formula is C13H18N2O. The van der Waals surface area contributed by atoms with Gasteiger partial charge in [0.15, 0.2) is 0 Å². The first-order valence-corrected chi connectivity index (χ1v) is 5.84. The van der Waals surface area contributed by atoms with Crippen LogP contribution in [0.1, 0.15) is 18.9 Å². The van der Waals surface area contributed by atoms with Crippen molar-refractivity contribution in [3.8, 4) is 0 Å². The Morgan fingerprint density at radius 1 is 1.44 bits per heavy atom. The average molecular weight is 218 g/mol. The van der Waals surface area contributed by atoms with E-state index in [1.807, 2.05) is 43.0 Å². The normalized spacial score (nSPS) is 20.5. The first kappa shape index (κ1) is 11.1. The predicted molar refractivity (Wildman–Crippen MR) is 65.6 cm³/mol. The zero-order valence-corrected chi connectivity index (χ0v) is 9.86. The number of carbonyl (C=O) groups is 1. The molecule has 1 saturated heterocycles. The molecule has 1 aromatic carbocycles. The number of nitrogens with one attached hydrogen (secondary N) is 1. The molecule has 1 aliphatic rings. The molecule has 0 aliphatic carbocycles. The van der Waals surface area contributed by atoms with Gasteiger partial charge >= 0.3 is 0 Å². The molecule has 86 valence electrons. The highest BCUT2D eigenvalue weighted by Gasteiger charge is 2.32. The molecule has 0 bridgehead atoms. The highest BCUT2D eigenvalue weighted by atomic mass is 16.2. The summed E-state index contributed by atoms with van der Waals surface area (Å²) in [5, 5.41) is 3.22. The molecule has 16 heavy (non-hydrogen) atoms. The van der Waals surface area contributed by atoms with Gasteiger partial charge in [0, 0.05) is 12.2 Å². The number of aryl methyl sites for hydroxylation is 1. The van der Waals surface area contributed by atoms with E-state index in [1.165, 1.54) is 0 Å². The zero-order chi connectivity index (χ0) is 11.5. The van der Waals surface area contributed by atoms with Crippen LogP contribution in [0.4, 0.5) is 5.69 Å². The van der Waals surface area contributed by atoms with Gasteiger partial charge in [-0.25, -0.2) is 0 Å². The van der Waals surface area contributed by atoms with Crippen LogP contribution in [0.3, 0.4) is 0 Å². The zero-order valence-electron chi connectivity index (χ0n) is 9.86. The minimum Gasteiger partial charge on any atom is -0.311 e. The van der Waals surface area contributed by atoms with Crippen LogP contribution in [0.2, 0.25) is 0 Å². The van der Waals surface area contributed by atoms with E-state index in [1.54, 1.807) is 0 Å². The Morgan fingerprint density at radius 2 is 2.19 bits per heavy atom. The number of hydrogen-bond donors (Lipinski definition) is 1. The fraction of sp³-hybridized carbons (Fsp3) is 0.462. The number of nitrogens with zero attached hydrogens (tertiary/aromatic N) is 1. The van der Waals surface area contributed by atoms with E-state index in [-0.39, 0.29) is 11.9 Å². The molecule has 1 fully saturated rings. The monoisotopic (exact) mass is 218 g/mol. The second-order valence-electron chi connectivity index (χ2n) is 4.18. The third-order valence-corrected chi connectivity index (χ3v) is 3.06. The number of benzene rings is 1. The van der Waals surface area contributed by atoms with Crippen LogP contribution in [0, 0.1) is 6.92 Å². The summed E-state index contributed by atoms with van der Waals surface area (Å²) in [6, 6.07) is 8.05. The number of anilines is 1. The Morgan fingerprint density at radius 3 is 2.88 bits per heavy atom. The van der Waals surface area contributed by atoms with E-state index in [9.17, 15) is 4.79 Å². The predicted octanol–water partition coefficient (Wildman–Crippen LogP) is 1.71. The van der Waals surface area contributed by atoms with Crippen LogP contribution < -0.4 is 10.2 Å². The molecule has 3 heteroatoms. The molecule has 1 atom stereocenters. The molecule has 1 unspecified atom stereocenters. The molecule has 0 saturated carbocycles. The Balaban J connectivity index is 2.19. The van der Waals surface area contributed by atoms with Crippen molar-refractivity contribution in [2.75, 3.05) is 18.0 Å². The van der Waals surface area contributed by atoms with E-state index in [0.29, 0.717) is 0 Å². The second kappa shape index (κ2) is 4.66. The van der Waals surface area contributed by atoms with Gasteiger partial charge in [0.1, 0.15) is 0 Å². The summed E-state index contributed by atoms with van der Waals surface area (Å²) in [7, 11) is 0. The van der Waals surface area contributed by atoms with Gasteiger partial charge < -0.3 is 10.2 Å². The SMILES string of the molecule is CCNC1CCN(c2ccccc2C)C1=O. The lowest BCUT2D eigenvalue weighted by atomic mass is 10.2. The Labute approximate surface area is 96.5 Å². The maximum Gasteiger partial charge on any atom is 0.244 e. The highest BCUT2D eigenvalue weighted by Crippen LogP contribution is 2.24. The summed E-state index contributed by atoms with van der Waals surface area (Å²) in [6.07, 6.45) is 0.904. The number of rotatable bonds is 3. The van der Waals surface area contributed by atoms with Gasteiger partial charge in [-0.15, -0.1) is 0 Å². The number of amides is 1. The molecule has 1 N–H and O–H groups in total. The third kappa shape index (κ3) is 1.95. The van der Waals surface area contributed by atoms with Crippen LogP contribution >= 0.6 is 0 Å². The summed E-state index contributed by atoms with van der Waals surface area (Å²) in [5.41, 5.74) is 2.21. The van der Waals surface area contributed by atoms with Crippen LogP contribution in [0.5, 0.6) is 0 Å². The molecule has 0 aromatic heterocycles. The lowest BCUT2D eigenvalue weighted by molar-refractivity contribution is -0.118. The number of hydrogen-bond acceptors (Lipinski definition) is 2. The minimum atomic E-state index is 0.00426. The maximum absolute atomic E-state index is 12.1. The molecule has 0 radical (unpaired) electrons. The summed E-state index contributed by atoms with van der Waals surface area (Å²) >= 11 is 0. The van der Waals surface area contributed by atoms with Crippen molar-refractivity contribution in [2.24, 2.45) is 0 Å². The van der Waals surface area contributed by atoms with Crippen molar-refractivity contribution in [3.63, 3.8) is 0 Å². The second-order valence-corrected chi connectivity index (χ2v) is 4.18. The quantitative estimate of drug-likeness (QED) is 0.837. The fourth-order valence-electron chi connectivity index (χ4n) is 2.22. The van der Waals surface area contributed by atoms with E-state index in [4.69, 9.17) is 0 Å². The van der Waals surface area contributed by atoms with Crippen molar-refractivity contribution in [3.05, 3.63) is 29.8 Å². The number of para-hydroxylation sites is 1. The fourth-order valence-corrected chi connectivity index (χ4v) is 2.22. The van der Waals surface area contributed by atoms with E-state index in [2.05, 4.69) is 5.32 Å². The first-order valence-electron chi connectivity index (χ1n) is 5.84. The topological polar surface area (TPSA) is 32.3 Å². The standard InChI is InChI=1S/C13H18N2O/c1-3-14-11-8-9-15(13(11)16)12-7-5-4-6-10(12)2/h4-7,11,14H,3,8-9H2,1-2H3. The molecule has 3 nitrogen and oxygen atoms in total. The van der Waals surface area contributed by atoms with Gasteiger partial charge in [0.2, 0.25) is 5.91 Å². The summed E-state index contributed by atoms with van der Waals surface area (Å²) < 4.78 is 0. The molecule has 0 spiro atoms. The summed E-state index contributed by atoms with van der Waals surface area (Å²) in [5.74, 6) is 0.205. The van der Waals surface area contributed by atoms with Crippen molar-refractivity contribution in [2.45, 2.75) is 26.3 Å². The summed E-state index contributed by atoms with van der Waals surface area (Å²) in [4.78, 5) is 14.0. The van der Waals surface area contributed by atoms with Gasteiger partial charge in [-0.1, -0.05) is 25.1 Å². The smallest absolute Gasteiger partial charge is 0.244 e. The van der Waals surface area contributed by atoms with Gasteiger partial charge in [-0.3, -0.25) is 4.79 Å². The van der Waals surface area contributed by atoms with Crippen LogP contribution in [-0.4, -0.2) is 25.0 Å². The Bertz CT molecular complexity index is 389. The third-order valence-electron chi connectivity index (χ3n) is 3.06. The lowest BCUT2D eigenvalue weighted by Gasteiger charge is -2.19. The van der Waals surface area contributed by atoms with Crippen LogP contribution in [0.25, 0.3) is 0 Å². The van der Waals surface area contributed by atoms with Crippen molar-refractivity contribution in [1.82, 2.24) is 5.32 Å². The minimum absolute atomic E-state index is 0.00426. The molecule has 1 amide bonds. The molecule has 1 heterocycles. The van der Waals surface area contributed by atoms with E-state index in [0.717, 1.165) is 30.8 Å². The van der Waals surface area contributed by atoms with Crippen molar-refractivity contribution < 1.29 is 4.79 Å². The van der Waals surface area contributed by atoms with Crippen molar-refractivity contribution in [1.29, 1.82) is 0 Å². The Kier molecular flexibility index (Phi) is 3.25. The van der Waals surface area contributed by atoms with E-state index >= 15 is 0 Å². The van der Waals surface area contributed by atoms with Gasteiger partial charge in [-0.2, -0.15) is 0 Å².